The van der Waals surface area contributed by atoms with E-state index in [1.54, 1.807) is 12.1 Å². The first-order chi connectivity index (χ1) is 8.29. The number of carbonyl (C=O) groups is 1. The van der Waals surface area contributed by atoms with Gasteiger partial charge in [-0.15, -0.1) is 0 Å². The Balaban J connectivity index is 2.03. The molecule has 2 rings (SSSR count). The van der Waals surface area contributed by atoms with Crippen molar-refractivity contribution in [1.82, 2.24) is 4.90 Å². The minimum atomic E-state index is 0.256. The van der Waals surface area contributed by atoms with Crippen LogP contribution in [0.25, 0.3) is 0 Å². The Bertz CT molecular complexity index is 431. The van der Waals surface area contributed by atoms with Crippen molar-refractivity contribution in [2.75, 3.05) is 6.54 Å². The summed E-state index contributed by atoms with van der Waals surface area (Å²) in [7, 11) is 0. The largest absolute Gasteiger partial charge is 0.338 e. The van der Waals surface area contributed by atoms with Crippen LogP contribution in [0, 0.1) is 11.3 Å². The highest BCUT2D eigenvalue weighted by Gasteiger charge is 2.16. The van der Waals surface area contributed by atoms with E-state index in [1.807, 2.05) is 17.0 Å². The summed E-state index contributed by atoms with van der Waals surface area (Å²) < 4.78 is 0. The van der Waals surface area contributed by atoms with E-state index < -0.39 is 0 Å². The molecule has 1 heterocycles. The topological polar surface area (TPSA) is 44.1 Å². The zero-order chi connectivity index (χ0) is 12.1. The summed E-state index contributed by atoms with van der Waals surface area (Å²) in [6.45, 7) is 1.53. The van der Waals surface area contributed by atoms with Gasteiger partial charge >= 0.3 is 0 Å². The average Bonchev–Trinajstić information content (AvgIpc) is 2.56. The van der Waals surface area contributed by atoms with Crippen LogP contribution in [0.5, 0.6) is 0 Å². The van der Waals surface area contributed by atoms with E-state index in [2.05, 4.69) is 6.07 Å². The molecular formula is C14H16N2O. The van der Waals surface area contributed by atoms with Crippen LogP contribution < -0.4 is 0 Å². The second kappa shape index (κ2) is 5.49. The summed E-state index contributed by atoms with van der Waals surface area (Å²) in [6, 6.07) is 9.56. The molecule has 0 atom stereocenters. The molecule has 1 saturated heterocycles. The maximum atomic E-state index is 11.8. The molecule has 0 bridgehead atoms. The van der Waals surface area contributed by atoms with Gasteiger partial charge in [0.25, 0.3) is 0 Å². The number of hydrogen-bond acceptors (Lipinski definition) is 2. The van der Waals surface area contributed by atoms with Gasteiger partial charge in [-0.2, -0.15) is 5.26 Å². The monoisotopic (exact) mass is 228 g/mol. The molecule has 0 N–H and O–H groups in total. The third kappa shape index (κ3) is 3.07. The van der Waals surface area contributed by atoms with Gasteiger partial charge in [0, 0.05) is 19.5 Å². The maximum absolute atomic E-state index is 11.8. The predicted octanol–water partition coefficient (Wildman–Crippen LogP) is 2.46. The summed E-state index contributed by atoms with van der Waals surface area (Å²) >= 11 is 0. The number of nitriles is 1. The first-order valence-electron chi connectivity index (χ1n) is 6.06. The van der Waals surface area contributed by atoms with Crippen molar-refractivity contribution >= 4 is 5.91 Å². The molecule has 1 fully saturated rings. The van der Waals surface area contributed by atoms with Crippen molar-refractivity contribution in [3.63, 3.8) is 0 Å². The van der Waals surface area contributed by atoms with Gasteiger partial charge in [-0.3, -0.25) is 4.79 Å². The summed E-state index contributed by atoms with van der Waals surface area (Å²) in [4.78, 5) is 13.7. The van der Waals surface area contributed by atoms with Crippen LogP contribution in [0.15, 0.2) is 24.3 Å². The normalized spacial score (nSPS) is 16.4. The molecule has 0 aliphatic carbocycles. The molecule has 0 saturated carbocycles. The first-order valence-corrected chi connectivity index (χ1v) is 6.06. The Morgan fingerprint density at radius 1 is 1.18 bits per heavy atom. The lowest BCUT2D eigenvalue weighted by Gasteiger charge is -2.20. The minimum Gasteiger partial charge on any atom is -0.338 e. The Kier molecular flexibility index (Phi) is 3.77. The molecule has 1 aliphatic heterocycles. The third-order valence-electron chi connectivity index (χ3n) is 3.13. The van der Waals surface area contributed by atoms with E-state index in [9.17, 15) is 4.79 Å². The number of nitrogens with zero attached hydrogens (tertiary/aromatic N) is 2. The summed E-state index contributed by atoms with van der Waals surface area (Å²) in [5, 5.41) is 8.71. The van der Waals surface area contributed by atoms with Crippen molar-refractivity contribution < 1.29 is 4.79 Å². The van der Waals surface area contributed by atoms with Gasteiger partial charge in [0.05, 0.1) is 11.6 Å². The number of amides is 1. The van der Waals surface area contributed by atoms with Gasteiger partial charge in [-0.1, -0.05) is 18.6 Å². The van der Waals surface area contributed by atoms with E-state index in [1.165, 1.54) is 0 Å². The van der Waals surface area contributed by atoms with Crippen molar-refractivity contribution in [1.29, 1.82) is 5.26 Å². The summed E-state index contributed by atoms with van der Waals surface area (Å²) in [5.41, 5.74) is 1.76. The van der Waals surface area contributed by atoms with E-state index >= 15 is 0 Å². The molecular weight excluding hydrogens is 212 g/mol. The number of hydrogen-bond donors (Lipinski definition) is 0. The highest BCUT2D eigenvalue weighted by molar-refractivity contribution is 5.76. The van der Waals surface area contributed by atoms with Gasteiger partial charge in [0.15, 0.2) is 0 Å². The number of carbonyl (C=O) groups excluding carboxylic acids is 1. The molecule has 1 aromatic carbocycles. The van der Waals surface area contributed by atoms with Gasteiger partial charge in [0.1, 0.15) is 0 Å². The molecule has 1 amide bonds. The molecule has 0 radical (unpaired) electrons. The molecule has 0 unspecified atom stereocenters. The van der Waals surface area contributed by atoms with Crippen LogP contribution in [-0.4, -0.2) is 17.4 Å². The lowest BCUT2D eigenvalue weighted by atomic mass is 10.1. The first kappa shape index (κ1) is 11.7. The second-order valence-electron chi connectivity index (χ2n) is 4.43. The average molecular weight is 228 g/mol. The van der Waals surface area contributed by atoms with Crippen LogP contribution >= 0.6 is 0 Å². The molecule has 1 aromatic rings. The SMILES string of the molecule is N#Cc1ccc(CN2CCCCCC2=O)cc1. The van der Waals surface area contributed by atoms with Gasteiger partial charge < -0.3 is 4.90 Å². The Morgan fingerprint density at radius 2 is 1.94 bits per heavy atom. The van der Waals surface area contributed by atoms with E-state index in [-0.39, 0.29) is 5.91 Å². The van der Waals surface area contributed by atoms with E-state index in [0.29, 0.717) is 18.5 Å². The Labute approximate surface area is 102 Å². The van der Waals surface area contributed by atoms with Crippen LogP contribution in [0.1, 0.15) is 36.8 Å². The van der Waals surface area contributed by atoms with Crippen LogP contribution in [0.4, 0.5) is 0 Å². The van der Waals surface area contributed by atoms with Gasteiger partial charge in [-0.25, -0.2) is 0 Å². The van der Waals surface area contributed by atoms with Crippen LogP contribution in [0.3, 0.4) is 0 Å². The number of benzene rings is 1. The quantitative estimate of drug-likeness (QED) is 0.780. The van der Waals surface area contributed by atoms with Crippen molar-refractivity contribution in [3.05, 3.63) is 35.4 Å². The zero-order valence-electron chi connectivity index (χ0n) is 9.85. The molecule has 88 valence electrons. The Morgan fingerprint density at radius 3 is 2.65 bits per heavy atom. The molecule has 1 aliphatic rings. The Hall–Kier alpha value is -1.82. The fourth-order valence-corrected chi connectivity index (χ4v) is 2.11. The summed E-state index contributed by atoms with van der Waals surface area (Å²) in [5.74, 6) is 0.256. The van der Waals surface area contributed by atoms with Crippen LogP contribution in [-0.2, 0) is 11.3 Å². The molecule has 0 aromatic heterocycles. The van der Waals surface area contributed by atoms with Crippen molar-refractivity contribution in [3.8, 4) is 6.07 Å². The highest BCUT2D eigenvalue weighted by Crippen LogP contribution is 2.14. The fourth-order valence-electron chi connectivity index (χ4n) is 2.11. The molecule has 3 nitrogen and oxygen atoms in total. The summed E-state index contributed by atoms with van der Waals surface area (Å²) in [6.07, 6.45) is 3.94. The number of rotatable bonds is 2. The second-order valence-corrected chi connectivity index (χ2v) is 4.43. The lowest BCUT2D eigenvalue weighted by Crippen LogP contribution is -2.29. The molecule has 0 spiro atoms. The predicted molar refractivity (Wildman–Crippen MR) is 65.0 cm³/mol. The van der Waals surface area contributed by atoms with Gasteiger partial charge in [-0.05, 0) is 30.5 Å². The zero-order valence-corrected chi connectivity index (χ0v) is 9.85. The van der Waals surface area contributed by atoms with Crippen LogP contribution in [0.2, 0.25) is 0 Å². The molecule has 17 heavy (non-hydrogen) atoms. The van der Waals surface area contributed by atoms with E-state index in [0.717, 1.165) is 31.4 Å². The molecule has 3 heteroatoms. The lowest BCUT2D eigenvalue weighted by molar-refractivity contribution is -0.131. The van der Waals surface area contributed by atoms with Crippen molar-refractivity contribution in [2.24, 2.45) is 0 Å². The minimum absolute atomic E-state index is 0.256. The van der Waals surface area contributed by atoms with Gasteiger partial charge in [0.2, 0.25) is 5.91 Å². The third-order valence-corrected chi connectivity index (χ3v) is 3.13. The smallest absolute Gasteiger partial charge is 0.222 e. The maximum Gasteiger partial charge on any atom is 0.222 e. The van der Waals surface area contributed by atoms with E-state index in [4.69, 9.17) is 5.26 Å². The standard InChI is InChI=1S/C14H16N2O/c15-10-12-5-7-13(8-6-12)11-16-9-3-1-2-4-14(16)17/h5-8H,1-4,9,11H2. The highest BCUT2D eigenvalue weighted by atomic mass is 16.2. The fraction of sp³-hybridized carbons (Fsp3) is 0.429. The van der Waals surface area contributed by atoms with Crippen molar-refractivity contribution in [2.45, 2.75) is 32.2 Å². The number of likely N-dealkylation sites (tertiary alicyclic amines) is 1.